The number of amides is 1. The molecule has 2 aromatic heterocycles. The number of nitrogens with zero attached hydrogens (tertiary/aromatic N) is 4. The first-order valence-corrected chi connectivity index (χ1v) is 9.38. The van der Waals surface area contributed by atoms with Gasteiger partial charge in [-0.2, -0.15) is 9.83 Å². The molecule has 8 heteroatoms. The maximum Gasteiger partial charge on any atom is 0.272 e. The Morgan fingerprint density at radius 2 is 2.26 bits per heavy atom. The van der Waals surface area contributed by atoms with Crippen molar-refractivity contribution in [3.05, 3.63) is 40.7 Å². The van der Waals surface area contributed by atoms with Crippen molar-refractivity contribution in [1.29, 1.82) is 0 Å². The summed E-state index contributed by atoms with van der Waals surface area (Å²) >= 11 is 0. The summed E-state index contributed by atoms with van der Waals surface area (Å²) in [4.78, 5) is 17.2. The molecule has 1 unspecified atom stereocenters. The number of aliphatic hydroxyl groups excluding tert-OH is 1. The summed E-state index contributed by atoms with van der Waals surface area (Å²) in [5.41, 5.74) is 2.06. The maximum absolute atomic E-state index is 13.0. The van der Waals surface area contributed by atoms with E-state index in [1.165, 1.54) is 18.6 Å². The van der Waals surface area contributed by atoms with Crippen molar-refractivity contribution in [3.8, 4) is 5.82 Å². The number of aliphatic hydroxyl groups is 1. The van der Waals surface area contributed by atoms with Crippen LogP contribution in [-0.4, -0.2) is 38.4 Å². The highest BCUT2D eigenvalue weighted by atomic mass is 16.5. The van der Waals surface area contributed by atoms with Crippen molar-refractivity contribution in [2.75, 3.05) is 6.61 Å². The molecule has 2 heterocycles. The van der Waals surface area contributed by atoms with Crippen LogP contribution >= 0.6 is 0 Å². The zero-order valence-corrected chi connectivity index (χ0v) is 15.8. The quantitative estimate of drug-likeness (QED) is 0.618. The normalized spacial score (nSPS) is 21.9. The third kappa shape index (κ3) is 2.97. The van der Waals surface area contributed by atoms with Crippen LogP contribution < -0.4 is 10.0 Å². The fourth-order valence-corrected chi connectivity index (χ4v) is 4.08. The van der Waals surface area contributed by atoms with E-state index in [2.05, 4.69) is 15.4 Å². The molecule has 1 fully saturated rings. The molecular formula is C19H25N5O3. The molecule has 2 N–H and O–H groups in total. The van der Waals surface area contributed by atoms with Crippen LogP contribution in [0, 0.1) is 16.5 Å². The number of hydrogen-bond acceptors (Lipinski definition) is 5. The molecule has 0 radical (unpaired) electrons. The standard InChI is InChI=1S/C19H25N5O3/c1-19(2,3)14(10-25)21-18(26)16-13-8-11-4-5-12(11)17(13)24(22-16)15-9-23(27)7-6-20-15/h6-7,9,11-12,14,25H,4-5,8,10H2,1-3H3,(H,21,26)/t11-,12-,14?/m0/s1. The lowest BCUT2D eigenvalue weighted by molar-refractivity contribution is -0.605. The van der Waals surface area contributed by atoms with Gasteiger partial charge in [-0.3, -0.25) is 4.79 Å². The van der Waals surface area contributed by atoms with Crippen LogP contribution in [0.15, 0.2) is 18.6 Å². The second kappa shape index (κ2) is 6.30. The van der Waals surface area contributed by atoms with E-state index in [1.807, 2.05) is 20.8 Å². The summed E-state index contributed by atoms with van der Waals surface area (Å²) < 4.78 is 2.35. The number of nitrogens with one attached hydrogen (secondary N) is 1. The van der Waals surface area contributed by atoms with E-state index >= 15 is 0 Å². The Labute approximate surface area is 157 Å². The zero-order chi connectivity index (χ0) is 19.3. The average Bonchev–Trinajstić information content (AvgIpc) is 3.05. The molecule has 1 saturated carbocycles. The van der Waals surface area contributed by atoms with Gasteiger partial charge in [0.1, 0.15) is 0 Å². The molecule has 2 aliphatic rings. The molecule has 3 atom stereocenters. The maximum atomic E-state index is 13.0. The van der Waals surface area contributed by atoms with E-state index in [4.69, 9.17) is 0 Å². The van der Waals surface area contributed by atoms with E-state index in [9.17, 15) is 15.1 Å². The predicted molar refractivity (Wildman–Crippen MR) is 97.3 cm³/mol. The van der Waals surface area contributed by atoms with E-state index in [-0.39, 0.29) is 24.0 Å². The predicted octanol–water partition coefficient (Wildman–Crippen LogP) is 1.09. The Bertz CT molecular complexity index is 886. The number of aromatic nitrogens is 4. The molecule has 1 amide bonds. The Morgan fingerprint density at radius 1 is 1.48 bits per heavy atom. The summed E-state index contributed by atoms with van der Waals surface area (Å²) in [6, 6.07) is -0.373. The van der Waals surface area contributed by atoms with Crippen LogP contribution in [0.3, 0.4) is 0 Å². The molecule has 4 rings (SSSR count). The Kier molecular flexibility index (Phi) is 4.18. The van der Waals surface area contributed by atoms with Gasteiger partial charge in [0.25, 0.3) is 5.91 Å². The van der Waals surface area contributed by atoms with Gasteiger partial charge in [0.2, 0.25) is 12.0 Å². The molecule has 0 aromatic carbocycles. The number of rotatable bonds is 4. The average molecular weight is 371 g/mol. The molecule has 144 valence electrons. The summed E-state index contributed by atoms with van der Waals surface area (Å²) in [6.07, 6.45) is 7.16. The second-order valence-electron chi connectivity index (χ2n) is 8.62. The summed E-state index contributed by atoms with van der Waals surface area (Å²) in [7, 11) is 0. The van der Waals surface area contributed by atoms with Crippen LogP contribution in [0.4, 0.5) is 0 Å². The second-order valence-corrected chi connectivity index (χ2v) is 8.62. The van der Waals surface area contributed by atoms with Crippen molar-refractivity contribution in [2.24, 2.45) is 11.3 Å². The first-order valence-electron chi connectivity index (χ1n) is 9.38. The lowest BCUT2D eigenvalue weighted by atomic mass is 9.75. The molecular weight excluding hydrogens is 346 g/mol. The minimum atomic E-state index is -0.373. The fourth-order valence-electron chi connectivity index (χ4n) is 4.08. The van der Waals surface area contributed by atoms with Crippen molar-refractivity contribution in [2.45, 2.75) is 52.0 Å². The molecule has 27 heavy (non-hydrogen) atoms. The van der Waals surface area contributed by atoms with Gasteiger partial charge in [-0.05, 0) is 30.6 Å². The van der Waals surface area contributed by atoms with Crippen molar-refractivity contribution in [1.82, 2.24) is 20.1 Å². The topological polar surface area (TPSA) is 107 Å². The van der Waals surface area contributed by atoms with Gasteiger partial charge in [0.05, 0.1) is 24.5 Å². The Morgan fingerprint density at radius 3 is 2.85 bits per heavy atom. The largest absolute Gasteiger partial charge is 0.619 e. The van der Waals surface area contributed by atoms with Crippen LogP contribution in [-0.2, 0) is 6.42 Å². The lowest BCUT2D eigenvalue weighted by Gasteiger charge is -2.31. The van der Waals surface area contributed by atoms with Gasteiger partial charge in [-0.25, -0.2) is 9.67 Å². The Balaban J connectivity index is 1.73. The highest BCUT2D eigenvalue weighted by Gasteiger charge is 2.45. The number of hydrogen-bond donors (Lipinski definition) is 2. The first-order chi connectivity index (χ1) is 12.8. The Hall–Kier alpha value is -2.48. The number of fused-ring (bicyclic) bond motifs is 3. The van der Waals surface area contributed by atoms with Gasteiger partial charge in [-0.15, -0.1) is 0 Å². The SMILES string of the molecule is CC(C)(C)C(CO)NC(=O)c1nn(-c2c[n+]([O-])ccn2)c2c1C[C@@H]1CC[C@H]21. The number of carbonyl (C=O) groups is 1. The highest BCUT2D eigenvalue weighted by molar-refractivity contribution is 5.94. The molecule has 0 spiro atoms. The number of carbonyl (C=O) groups excluding carboxylic acids is 1. The fraction of sp³-hybridized carbons (Fsp3) is 0.579. The molecule has 2 aromatic rings. The van der Waals surface area contributed by atoms with Gasteiger partial charge in [0, 0.05) is 11.5 Å². The van der Waals surface area contributed by atoms with Gasteiger partial charge >= 0.3 is 0 Å². The monoisotopic (exact) mass is 371 g/mol. The smallest absolute Gasteiger partial charge is 0.272 e. The van der Waals surface area contributed by atoms with E-state index < -0.39 is 0 Å². The van der Waals surface area contributed by atoms with Gasteiger partial charge in [-0.1, -0.05) is 20.8 Å². The van der Waals surface area contributed by atoms with E-state index in [0.717, 1.165) is 30.5 Å². The first kappa shape index (κ1) is 17.9. The molecule has 0 aliphatic heterocycles. The molecule has 2 aliphatic carbocycles. The van der Waals surface area contributed by atoms with Crippen molar-refractivity contribution in [3.63, 3.8) is 0 Å². The molecule has 8 nitrogen and oxygen atoms in total. The minimum absolute atomic E-state index is 0.139. The third-order valence-corrected chi connectivity index (χ3v) is 5.89. The minimum Gasteiger partial charge on any atom is -0.619 e. The zero-order valence-electron chi connectivity index (χ0n) is 15.8. The van der Waals surface area contributed by atoms with Crippen molar-refractivity contribution >= 4 is 5.91 Å². The molecule has 0 saturated heterocycles. The summed E-state index contributed by atoms with van der Waals surface area (Å²) in [5.74, 6) is 1.04. The van der Waals surface area contributed by atoms with E-state index in [0.29, 0.717) is 28.1 Å². The highest BCUT2D eigenvalue weighted by Crippen LogP contribution is 2.52. The van der Waals surface area contributed by atoms with Crippen LogP contribution in [0.1, 0.15) is 61.3 Å². The summed E-state index contributed by atoms with van der Waals surface area (Å²) in [5, 5.41) is 28.8. The summed E-state index contributed by atoms with van der Waals surface area (Å²) in [6.45, 7) is 5.77. The van der Waals surface area contributed by atoms with E-state index in [1.54, 1.807) is 4.68 Å². The third-order valence-electron chi connectivity index (χ3n) is 5.89. The van der Waals surface area contributed by atoms with Gasteiger partial charge in [0.15, 0.2) is 11.9 Å². The van der Waals surface area contributed by atoms with Gasteiger partial charge < -0.3 is 15.6 Å². The lowest BCUT2D eigenvalue weighted by Crippen LogP contribution is -2.46. The molecule has 0 bridgehead atoms. The van der Waals surface area contributed by atoms with Crippen LogP contribution in [0.2, 0.25) is 0 Å². The van der Waals surface area contributed by atoms with Crippen molar-refractivity contribution < 1.29 is 14.6 Å². The van der Waals surface area contributed by atoms with Crippen LogP contribution in [0.5, 0.6) is 0 Å². The van der Waals surface area contributed by atoms with Crippen LogP contribution in [0.25, 0.3) is 5.82 Å².